The molecule has 3 heterocycles. The van der Waals surface area contributed by atoms with Crippen molar-refractivity contribution < 1.29 is 9.18 Å². The Bertz CT molecular complexity index is 1020. The number of benzene rings is 1. The van der Waals surface area contributed by atoms with Crippen LogP contribution in [0, 0.1) is 5.82 Å². The zero-order chi connectivity index (χ0) is 18.6. The maximum Gasteiger partial charge on any atom is 0.269 e. The Morgan fingerprint density at radius 2 is 1.85 bits per heavy atom. The standard InChI is InChI=1S/C20H16FN3OS2/c21-15-7-5-14(6-8-15)13-24-18(11-17(23-24)19-4-2-10-27-19)20(25)22-12-16-3-1-9-26-16/h1-11H,12-13H2,(H,22,25). The number of halogens is 1. The number of amides is 1. The van der Waals surface area contributed by atoms with Gasteiger partial charge in [0.15, 0.2) is 0 Å². The molecule has 0 saturated carbocycles. The van der Waals surface area contributed by atoms with Gasteiger partial charge in [-0.1, -0.05) is 24.3 Å². The van der Waals surface area contributed by atoms with E-state index in [0.717, 1.165) is 21.0 Å². The third kappa shape index (κ3) is 4.15. The molecule has 0 atom stereocenters. The molecule has 0 saturated heterocycles. The highest BCUT2D eigenvalue weighted by Crippen LogP contribution is 2.25. The summed E-state index contributed by atoms with van der Waals surface area (Å²) in [7, 11) is 0. The molecule has 27 heavy (non-hydrogen) atoms. The van der Waals surface area contributed by atoms with E-state index >= 15 is 0 Å². The van der Waals surface area contributed by atoms with Crippen LogP contribution >= 0.6 is 22.7 Å². The molecule has 0 aliphatic heterocycles. The van der Waals surface area contributed by atoms with Crippen LogP contribution in [0.2, 0.25) is 0 Å². The molecular weight excluding hydrogens is 381 g/mol. The molecule has 0 aliphatic rings. The van der Waals surface area contributed by atoms with E-state index < -0.39 is 0 Å². The second-order valence-corrected chi connectivity index (χ2v) is 7.92. The van der Waals surface area contributed by atoms with Gasteiger partial charge in [-0.3, -0.25) is 9.48 Å². The van der Waals surface area contributed by atoms with Gasteiger partial charge < -0.3 is 5.32 Å². The van der Waals surface area contributed by atoms with E-state index in [2.05, 4.69) is 10.4 Å². The molecule has 0 aliphatic carbocycles. The second-order valence-electron chi connectivity index (χ2n) is 5.94. The summed E-state index contributed by atoms with van der Waals surface area (Å²) < 4.78 is 14.8. The molecule has 0 spiro atoms. The van der Waals surface area contributed by atoms with Crippen LogP contribution in [-0.4, -0.2) is 15.7 Å². The highest BCUT2D eigenvalue weighted by atomic mass is 32.1. The third-order valence-corrected chi connectivity index (χ3v) is 5.80. The Morgan fingerprint density at radius 3 is 2.56 bits per heavy atom. The molecule has 136 valence electrons. The number of hydrogen-bond donors (Lipinski definition) is 1. The molecule has 0 fully saturated rings. The third-order valence-electron chi connectivity index (χ3n) is 4.04. The Kier molecular flexibility index (Phi) is 5.13. The van der Waals surface area contributed by atoms with Crippen LogP contribution in [0.3, 0.4) is 0 Å². The predicted octanol–water partition coefficient (Wildman–Crippen LogP) is 4.79. The SMILES string of the molecule is O=C(NCc1cccs1)c1cc(-c2cccs2)nn1Cc1ccc(F)cc1. The highest BCUT2D eigenvalue weighted by Gasteiger charge is 2.17. The van der Waals surface area contributed by atoms with Crippen molar-refractivity contribution in [2.75, 3.05) is 0 Å². The lowest BCUT2D eigenvalue weighted by Crippen LogP contribution is -2.25. The number of thiophene rings is 2. The minimum Gasteiger partial charge on any atom is -0.346 e. The average molecular weight is 398 g/mol. The first-order chi connectivity index (χ1) is 13.2. The molecule has 0 bridgehead atoms. The molecule has 1 amide bonds. The van der Waals surface area contributed by atoms with Gasteiger partial charge in [0.25, 0.3) is 5.91 Å². The van der Waals surface area contributed by atoms with E-state index in [0.29, 0.717) is 18.8 Å². The molecule has 4 rings (SSSR count). The Morgan fingerprint density at radius 1 is 1.07 bits per heavy atom. The second kappa shape index (κ2) is 7.85. The molecule has 7 heteroatoms. The lowest BCUT2D eigenvalue weighted by atomic mass is 10.2. The largest absolute Gasteiger partial charge is 0.346 e. The summed E-state index contributed by atoms with van der Waals surface area (Å²) in [4.78, 5) is 14.9. The molecular formula is C20H16FN3OS2. The number of aromatic nitrogens is 2. The minimum absolute atomic E-state index is 0.180. The monoisotopic (exact) mass is 397 g/mol. The van der Waals surface area contributed by atoms with E-state index in [1.807, 2.05) is 35.0 Å². The zero-order valence-corrected chi connectivity index (χ0v) is 15.9. The lowest BCUT2D eigenvalue weighted by Gasteiger charge is -2.08. The van der Waals surface area contributed by atoms with Crippen molar-refractivity contribution in [2.45, 2.75) is 13.1 Å². The lowest BCUT2D eigenvalue weighted by molar-refractivity contribution is 0.0941. The summed E-state index contributed by atoms with van der Waals surface area (Å²) in [6.45, 7) is 0.875. The summed E-state index contributed by atoms with van der Waals surface area (Å²) in [5, 5.41) is 11.5. The molecule has 4 nitrogen and oxygen atoms in total. The van der Waals surface area contributed by atoms with Crippen molar-refractivity contribution in [3.05, 3.63) is 87.3 Å². The van der Waals surface area contributed by atoms with Crippen LogP contribution in [0.25, 0.3) is 10.6 Å². The summed E-state index contributed by atoms with van der Waals surface area (Å²) >= 11 is 3.17. The molecule has 1 aromatic carbocycles. The van der Waals surface area contributed by atoms with Crippen LogP contribution in [-0.2, 0) is 13.1 Å². The fraction of sp³-hybridized carbons (Fsp3) is 0.100. The van der Waals surface area contributed by atoms with Gasteiger partial charge in [0.1, 0.15) is 17.2 Å². The number of carbonyl (C=O) groups excluding carboxylic acids is 1. The van der Waals surface area contributed by atoms with E-state index in [1.54, 1.807) is 45.6 Å². The fourth-order valence-corrected chi connectivity index (χ4v) is 4.02. The van der Waals surface area contributed by atoms with Crippen molar-refractivity contribution in [1.29, 1.82) is 0 Å². The van der Waals surface area contributed by atoms with Crippen LogP contribution in [0.15, 0.2) is 65.4 Å². The average Bonchev–Trinajstić information content (AvgIpc) is 3.43. The number of carbonyl (C=O) groups is 1. The van der Waals surface area contributed by atoms with Crippen LogP contribution in [0.1, 0.15) is 20.9 Å². The van der Waals surface area contributed by atoms with Crippen molar-refractivity contribution in [3.8, 4) is 10.6 Å². The molecule has 1 N–H and O–H groups in total. The number of nitrogens with zero attached hydrogens (tertiary/aromatic N) is 2. The Labute approximate surface area is 163 Å². The summed E-state index contributed by atoms with van der Waals surface area (Å²) in [6, 6.07) is 15.9. The van der Waals surface area contributed by atoms with E-state index in [4.69, 9.17) is 0 Å². The Balaban J connectivity index is 1.61. The van der Waals surface area contributed by atoms with Crippen LogP contribution in [0.5, 0.6) is 0 Å². The van der Waals surface area contributed by atoms with E-state index in [9.17, 15) is 9.18 Å². The van der Waals surface area contributed by atoms with Gasteiger partial charge in [0.05, 0.1) is 18.0 Å². The molecule has 3 aromatic heterocycles. The van der Waals surface area contributed by atoms with Gasteiger partial charge in [-0.15, -0.1) is 22.7 Å². The number of nitrogens with one attached hydrogen (secondary N) is 1. The van der Waals surface area contributed by atoms with Crippen molar-refractivity contribution in [1.82, 2.24) is 15.1 Å². The van der Waals surface area contributed by atoms with Crippen molar-refractivity contribution >= 4 is 28.6 Å². The summed E-state index contributed by atoms with van der Waals surface area (Å²) in [5.74, 6) is -0.465. The molecule has 4 aromatic rings. The first-order valence-electron chi connectivity index (χ1n) is 8.36. The quantitative estimate of drug-likeness (QED) is 0.508. The topological polar surface area (TPSA) is 46.9 Å². The van der Waals surface area contributed by atoms with Crippen molar-refractivity contribution in [2.24, 2.45) is 0 Å². The normalized spacial score (nSPS) is 10.9. The van der Waals surface area contributed by atoms with Crippen LogP contribution in [0.4, 0.5) is 4.39 Å². The molecule has 0 unspecified atom stereocenters. The highest BCUT2D eigenvalue weighted by molar-refractivity contribution is 7.13. The fourth-order valence-electron chi connectivity index (χ4n) is 2.70. The summed E-state index contributed by atoms with van der Waals surface area (Å²) in [5.41, 5.74) is 2.12. The van der Waals surface area contributed by atoms with Gasteiger partial charge in [-0.05, 0) is 46.7 Å². The first-order valence-corrected chi connectivity index (χ1v) is 10.1. The van der Waals surface area contributed by atoms with Gasteiger partial charge in [-0.2, -0.15) is 5.10 Å². The molecule has 0 radical (unpaired) electrons. The number of rotatable bonds is 6. The zero-order valence-electron chi connectivity index (χ0n) is 14.3. The predicted molar refractivity (Wildman–Crippen MR) is 107 cm³/mol. The Hall–Kier alpha value is -2.77. The maximum absolute atomic E-state index is 13.2. The first kappa shape index (κ1) is 17.6. The van der Waals surface area contributed by atoms with E-state index in [1.165, 1.54) is 12.1 Å². The number of hydrogen-bond acceptors (Lipinski definition) is 4. The maximum atomic E-state index is 13.2. The van der Waals surface area contributed by atoms with Gasteiger partial charge in [0, 0.05) is 4.88 Å². The summed E-state index contributed by atoms with van der Waals surface area (Å²) in [6.07, 6.45) is 0. The van der Waals surface area contributed by atoms with Crippen molar-refractivity contribution in [3.63, 3.8) is 0 Å². The minimum atomic E-state index is -0.285. The van der Waals surface area contributed by atoms with Crippen LogP contribution < -0.4 is 5.32 Å². The van der Waals surface area contributed by atoms with E-state index in [-0.39, 0.29) is 11.7 Å². The van der Waals surface area contributed by atoms with Gasteiger partial charge in [-0.25, -0.2) is 4.39 Å². The van der Waals surface area contributed by atoms with Gasteiger partial charge in [0.2, 0.25) is 0 Å². The smallest absolute Gasteiger partial charge is 0.269 e. The van der Waals surface area contributed by atoms with Gasteiger partial charge >= 0.3 is 0 Å².